The zero-order valence-corrected chi connectivity index (χ0v) is 21.9. The van der Waals surface area contributed by atoms with Crippen LogP contribution >= 0.6 is 0 Å². The van der Waals surface area contributed by atoms with Crippen molar-refractivity contribution in [2.24, 2.45) is 0 Å². The third kappa shape index (κ3) is 6.29. The predicted octanol–water partition coefficient (Wildman–Crippen LogP) is 1.80. The molecule has 5 atom stereocenters. The minimum absolute atomic E-state index is 0.164. The standard InChI is InChI=1S/C28H35N3O8/c1-3-4-5-16-9-17(6-7-21(33)19-8-15(2)24(35)22(34)12-19)11-18(10-16)20-13-31(30-29-20)28-27(38)26(37)25(36)23(14-32)39-28/h8-13,23,25-28,32,34-38H,3-7,14H2,1-2H3. The molecule has 1 saturated heterocycles. The van der Waals surface area contributed by atoms with Gasteiger partial charge in [-0.25, -0.2) is 4.68 Å². The Labute approximate surface area is 225 Å². The highest BCUT2D eigenvalue weighted by molar-refractivity contribution is 5.97. The van der Waals surface area contributed by atoms with Crippen molar-refractivity contribution in [3.63, 3.8) is 0 Å². The van der Waals surface area contributed by atoms with Gasteiger partial charge in [0, 0.05) is 17.5 Å². The lowest BCUT2D eigenvalue weighted by molar-refractivity contribution is -0.254. The molecule has 0 radical (unpaired) electrons. The third-order valence-electron chi connectivity index (χ3n) is 7.05. The van der Waals surface area contributed by atoms with E-state index in [0.717, 1.165) is 36.0 Å². The smallest absolute Gasteiger partial charge is 0.180 e. The van der Waals surface area contributed by atoms with Crippen molar-refractivity contribution in [2.75, 3.05) is 6.61 Å². The molecule has 5 unspecified atom stereocenters. The number of ether oxygens (including phenoxy) is 1. The van der Waals surface area contributed by atoms with Crippen LogP contribution < -0.4 is 0 Å². The summed E-state index contributed by atoms with van der Waals surface area (Å²) in [6, 6.07) is 8.77. The minimum Gasteiger partial charge on any atom is -0.504 e. The van der Waals surface area contributed by atoms with Crippen LogP contribution in [0.25, 0.3) is 11.3 Å². The van der Waals surface area contributed by atoms with Gasteiger partial charge in [0.05, 0.1) is 12.8 Å². The van der Waals surface area contributed by atoms with Crippen molar-refractivity contribution < 1.29 is 40.2 Å². The van der Waals surface area contributed by atoms with E-state index < -0.39 is 37.3 Å². The number of aliphatic hydroxyl groups is 4. The van der Waals surface area contributed by atoms with E-state index in [1.165, 1.54) is 10.7 Å². The fourth-order valence-corrected chi connectivity index (χ4v) is 4.74. The van der Waals surface area contributed by atoms with Crippen LogP contribution in [0, 0.1) is 6.92 Å². The number of phenols is 2. The second-order valence-electron chi connectivity index (χ2n) is 10.0. The van der Waals surface area contributed by atoms with Crippen LogP contribution in [0.15, 0.2) is 36.5 Å². The molecule has 11 heteroatoms. The molecule has 11 nitrogen and oxygen atoms in total. The molecule has 2 heterocycles. The first-order valence-corrected chi connectivity index (χ1v) is 13.0. The summed E-state index contributed by atoms with van der Waals surface area (Å²) in [6.07, 6.45) is -1.72. The lowest BCUT2D eigenvalue weighted by atomic mass is 9.96. The fraction of sp³-hybridized carbons (Fsp3) is 0.464. The van der Waals surface area contributed by atoms with E-state index in [2.05, 4.69) is 17.2 Å². The van der Waals surface area contributed by atoms with Crippen molar-refractivity contribution in [3.8, 4) is 22.8 Å². The molecule has 2 aromatic carbocycles. The molecule has 1 fully saturated rings. The largest absolute Gasteiger partial charge is 0.504 e. The van der Waals surface area contributed by atoms with Gasteiger partial charge in [0.2, 0.25) is 0 Å². The highest BCUT2D eigenvalue weighted by Crippen LogP contribution is 2.31. The number of nitrogens with zero attached hydrogens (tertiary/aromatic N) is 3. The number of hydrogen-bond donors (Lipinski definition) is 6. The summed E-state index contributed by atoms with van der Waals surface area (Å²) in [5.41, 5.74) is 3.96. The molecule has 39 heavy (non-hydrogen) atoms. The van der Waals surface area contributed by atoms with E-state index in [4.69, 9.17) is 4.74 Å². The number of aromatic hydroxyl groups is 2. The molecule has 6 N–H and O–H groups in total. The Hall–Kier alpha value is -3.35. The molecule has 0 aliphatic carbocycles. The summed E-state index contributed by atoms with van der Waals surface area (Å²) < 4.78 is 6.83. The zero-order chi connectivity index (χ0) is 28.3. The van der Waals surface area contributed by atoms with E-state index in [1.807, 2.05) is 18.2 Å². The lowest BCUT2D eigenvalue weighted by Gasteiger charge is -2.39. The molecule has 1 aliphatic heterocycles. The SMILES string of the molecule is CCCCc1cc(CCC(=O)c2cc(C)c(O)c(O)c2)cc(-c2cn(C3OC(CO)C(O)C(O)C3O)nn2)c1. The summed E-state index contributed by atoms with van der Waals surface area (Å²) in [5, 5.41) is 68.0. The number of carbonyl (C=O) groups excluding carboxylic acids is 1. The molecule has 3 aromatic rings. The van der Waals surface area contributed by atoms with Gasteiger partial charge in [-0.15, -0.1) is 5.10 Å². The Kier molecular flexibility index (Phi) is 8.98. The van der Waals surface area contributed by atoms with Gasteiger partial charge in [-0.2, -0.15) is 0 Å². The number of Topliss-reactive ketones (excluding diaryl/α,β-unsaturated/α-hetero) is 1. The van der Waals surface area contributed by atoms with Crippen molar-refractivity contribution in [1.29, 1.82) is 0 Å². The molecular weight excluding hydrogens is 506 g/mol. The molecule has 1 aliphatic rings. The second-order valence-corrected chi connectivity index (χ2v) is 10.0. The highest BCUT2D eigenvalue weighted by atomic mass is 16.6. The normalized spacial score (nSPS) is 23.2. The molecule has 0 saturated carbocycles. The van der Waals surface area contributed by atoms with Crippen LogP contribution in [0.1, 0.15) is 59.5 Å². The number of phenolic OH excluding ortho intramolecular Hbond substituents is 2. The van der Waals surface area contributed by atoms with E-state index in [0.29, 0.717) is 23.2 Å². The highest BCUT2D eigenvalue weighted by Gasteiger charge is 2.44. The number of ketones is 1. The van der Waals surface area contributed by atoms with Crippen LogP contribution in [0.4, 0.5) is 0 Å². The van der Waals surface area contributed by atoms with E-state index in [1.54, 1.807) is 19.2 Å². The van der Waals surface area contributed by atoms with Crippen LogP contribution in [0.2, 0.25) is 0 Å². The Balaban J connectivity index is 1.57. The number of aromatic nitrogens is 3. The first-order chi connectivity index (χ1) is 18.6. The van der Waals surface area contributed by atoms with Crippen molar-refractivity contribution in [3.05, 3.63) is 58.8 Å². The zero-order valence-electron chi connectivity index (χ0n) is 21.9. The second kappa shape index (κ2) is 12.2. The number of unbranched alkanes of at least 4 members (excludes halogenated alkanes) is 1. The Morgan fingerprint density at radius 3 is 2.38 bits per heavy atom. The summed E-state index contributed by atoms with van der Waals surface area (Å²) in [4.78, 5) is 12.8. The summed E-state index contributed by atoms with van der Waals surface area (Å²) in [7, 11) is 0. The number of rotatable bonds is 10. The topological polar surface area (TPSA) is 178 Å². The maximum Gasteiger partial charge on any atom is 0.180 e. The maximum absolute atomic E-state index is 12.8. The van der Waals surface area contributed by atoms with Gasteiger partial charge in [-0.1, -0.05) is 24.6 Å². The molecule has 4 rings (SSSR count). The van der Waals surface area contributed by atoms with Gasteiger partial charge >= 0.3 is 0 Å². The third-order valence-corrected chi connectivity index (χ3v) is 7.05. The Morgan fingerprint density at radius 1 is 1.00 bits per heavy atom. The van der Waals surface area contributed by atoms with Gasteiger partial charge in [0.1, 0.15) is 30.1 Å². The summed E-state index contributed by atoms with van der Waals surface area (Å²) >= 11 is 0. The Bertz CT molecular complexity index is 1280. The van der Waals surface area contributed by atoms with Crippen molar-refractivity contribution in [1.82, 2.24) is 15.0 Å². The molecule has 1 aromatic heterocycles. The number of aliphatic hydroxyl groups excluding tert-OH is 4. The maximum atomic E-state index is 12.8. The minimum atomic E-state index is -1.53. The van der Waals surface area contributed by atoms with E-state index in [-0.39, 0.29) is 23.7 Å². The van der Waals surface area contributed by atoms with Crippen molar-refractivity contribution >= 4 is 5.78 Å². The summed E-state index contributed by atoms with van der Waals surface area (Å²) in [5.74, 6) is -0.733. The number of aryl methyl sites for hydroxylation is 3. The van der Waals surface area contributed by atoms with E-state index >= 15 is 0 Å². The average molecular weight is 542 g/mol. The van der Waals surface area contributed by atoms with Crippen molar-refractivity contribution in [2.45, 2.75) is 76.6 Å². The quantitative estimate of drug-likeness (QED) is 0.164. The fourth-order valence-electron chi connectivity index (χ4n) is 4.74. The molecule has 0 spiro atoms. The van der Waals surface area contributed by atoms with Crippen LogP contribution in [0.3, 0.4) is 0 Å². The summed E-state index contributed by atoms with van der Waals surface area (Å²) in [6.45, 7) is 3.17. The Morgan fingerprint density at radius 2 is 1.72 bits per heavy atom. The van der Waals surface area contributed by atoms with Crippen LogP contribution in [0.5, 0.6) is 11.5 Å². The van der Waals surface area contributed by atoms with Gasteiger partial charge in [-0.3, -0.25) is 4.79 Å². The van der Waals surface area contributed by atoms with Gasteiger partial charge in [0.15, 0.2) is 23.5 Å². The average Bonchev–Trinajstić information content (AvgIpc) is 3.42. The number of carbonyl (C=O) groups is 1. The van der Waals surface area contributed by atoms with Gasteiger partial charge in [0.25, 0.3) is 0 Å². The molecule has 0 amide bonds. The van der Waals surface area contributed by atoms with Crippen LogP contribution in [-0.2, 0) is 17.6 Å². The first kappa shape index (κ1) is 28.7. The number of benzene rings is 2. The predicted molar refractivity (Wildman–Crippen MR) is 140 cm³/mol. The first-order valence-electron chi connectivity index (χ1n) is 13.0. The number of hydrogen-bond acceptors (Lipinski definition) is 10. The molecule has 210 valence electrons. The molecular formula is C28H35N3O8. The van der Waals surface area contributed by atoms with E-state index in [9.17, 15) is 35.4 Å². The molecule has 0 bridgehead atoms. The van der Waals surface area contributed by atoms with Gasteiger partial charge in [-0.05, 0) is 67.1 Å². The lowest BCUT2D eigenvalue weighted by Crippen LogP contribution is -2.56. The van der Waals surface area contributed by atoms with Gasteiger partial charge < -0.3 is 35.4 Å². The monoisotopic (exact) mass is 541 g/mol. The van der Waals surface area contributed by atoms with Crippen LogP contribution in [-0.4, -0.2) is 82.4 Å².